The molecular formula is C17H23FN2O3. The molecule has 1 aliphatic rings. The number of nitrogens with one attached hydrogen (secondary N) is 1. The molecule has 1 aromatic carbocycles. The Balaban J connectivity index is 1.95. The molecule has 0 bridgehead atoms. The van der Waals surface area contributed by atoms with E-state index in [9.17, 15) is 14.0 Å². The molecular weight excluding hydrogens is 299 g/mol. The summed E-state index contributed by atoms with van der Waals surface area (Å²) in [5.74, 6) is -0.537. The van der Waals surface area contributed by atoms with Crippen molar-refractivity contribution < 1.29 is 18.7 Å². The average molecular weight is 322 g/mol. The maximum Gasteiger partial charge on any atom is 0.248 e. The number of methoxy groups -OCH3 is 1. The van der Waals surface area contributed by atoms with Gasteiger partial charge in [-0.25, -0.2) is 4.39 Å². The molecule has 2 amide bonds. The van der Waals surface area contributed by atoms with E-state index in [1.54, 1.807) is 17.0 Å². The van der Waals surface area contributed by atoms with Crippen LogP contribution in [0, 0.1) is 11.2 Å². The van der Waals surface area contributed by atoms with E-state index in [2.05, 4.69) is 5.32 Å². The lowest BCUT2D eigenvalue weighted by atomic mass is 9.81. The molecule has 6 heteroatoms. The second-order valence-electron chi connectivity index (χ2n) is 6.23. The summed E-state index contributed by atoms with van der Waals surface area (Å²) >= 11 is 0. The molecule has 1 atom stereocenters. The highest BCUT2D eigenvalue weighted by molar-refractivity contribution is 5.84. The molecule has 1 N–H and O–H groups in total. The molecule has 5 nitrogen and oxygen atoms in total. The van der Waals surface area contributed by atoms with Crippen LogP contribution >= 0.6 is 0 Å². The number of nitrogens with zero attached hydrogens (tertiary/aromatic N) is 1. The first-order valence-corrected chi connectivity index (χ1v) is 7.74. The molecule has 0 radical (unpaired) electrons. The molecule has 0 unspecified atom stereocenters. The lowest BCUT2D eigenvalue weighted by Crippen LogP contribution is -2.52. The average Bonchev–Trinajstić information content (AvgIpc) is 2.53. The van der Waals surface area contributed by atoms with Gasteiger partial charge in [-0.1, -0.05) is 12.1 Å². The predicted octanol–water partition coefficient (Wildman–Crippen LogP) is 1.72. The Labute approximate surface area is 135 Å². The van der Waals surface area contributed by atoms with Gasteiger partial charge in [0.2, 0.25) is 11.8 Å². The van der Waals surface area contributed by atoms with Crippen LogP contribution in [0.25, 0.3) is 0 Å². The number of carbonyl (C=O) groups is 2. The minimum Gasteiger partial charge on any atom is -0.375 e. The van der Waals surface area contributed by atoms with Gasteiger partial charge in [-0.15, -0.1) is 0 Å². The molecule has 1 saturated heterocycles. The van der Waals surface area contributed by atoms with Crippen LogP contribution in [0.2, 0.25) is 0 Å². The fourth-order valence-electron chi connectivity index (χ4n) is 2.90. The number of rotatable bonds is 5. The van der Waals surface area contributed by atoms with Crippen molar-refractivity contribution in [1.82, 2.24) is 10.2 Å². The van der Waals surface area contributed by atoms with Gasteiger partial charge in [-0.05, 0) is 37.5 Å². The number of hydrogen-bond acceptors (Lipinski definition) is 3. The van der Waals surface area contributed by atoms with Crippen molar-refractivity contribution in [2.45, 2.75) is 26.3 Å². The Kier molecular flexibility index (Phi) is 5.71. The maximum atomic E-state index is 13.2. The maximum absolute atomic E-state index is 13.2. The normalized spacial score (nSPS) is 21.1. The van der Waals surface area contributed by atoms with E-state index in [1.807, 2.05) is 6.92 Å². The minimum atomic E-state index is -0.630. The zero-order chi connectivity index (χ0) is 16.9. The zero-order valence-electron chi connectivity index (χ0n) is 13.6. The number of likely N-dealkylation sites (tertiary alicyclic amines) is 1. The number of hydrogen-bond donors (Lipinski definition) is 1. The van der Waals surface area contributed by atoms with Gasteiger partial charge < -0.3 is 15.0 Å². The number of piperidine rings is 1. The molecule has 1 fully saturated rings. The Hall–Kier alpha value is -1.95. The van der Waals surface area contributed by atoms with Crippen molar-refractivity contribution in [3.8, 4) is 0 Å². The van der Waals surface area contributed by atoms with Crippen LogP contribution in [0.15, 0.2) is 24.3 Å². The third kappa shape index (κ3) is 4.51. The summed E-state index contributed by atoms with van der Waals surface area (Å²) in [5.41, 5.74) is 0.0830. The summed E-state index contributed by atoms with van der Waals surface area (Å²) in [5, 5.41) is 2.85. The molecule has 0 aromatic heterocycles. The van der Waals surface area contributed by atoms with Gasteiger partial charge in [-0.3, -0.25) is 9.59 Å². The number of benzene rings is 1. The smallest absolute Gasteiger partial charge is 0.248 e. The van der Waals surface area contributed by atoms with E-state index >= 15 is 0 Å². The van der Waals surface area contributed by atoms with Crippen molar-refractivity contribution in [2.24, 2.45) is 5.41 Å². The van der Waals surface area contributed by atoms with Crippen LogP contribution in [-0.4, -0.2) is 43.5 Å². The molecule has 0 spiro atoms. The SMILES string of the molecule is COCC(=O)N1CCC[C@@](C)(C(=O)NCc2cccc(F)c2)C1. The van der Waals surface area contributed by atoms with Gasteiger partial charge in [0, 0.05) is 26.7 Å². The van der Waals surface area contributed by atoms with Gasteiger partial charge in [-0.2, -0.15) is 0 Å². The van der Waals surface area contributed by atoms with Crippen LogP contribution in [0.4, 0.5) is 4.39 Å². The quantitative estimate of drug-likeness (QED) is 0.898. The van der Waals surface area contributed by atoms with Gasteiger partial charge >= 0.3 is 0 Å². The highest BCUT2D eigenvalue weighted by atomic mass is 19.1. The topological polar surface area (TPSA) is 58.6 Å². The van der Waals surface area contributed by atoms with Crippen LogP contribution in [0.1, 0.15) is 25.3 Å². The van der Waals surface area contributed by atoms with E-state index in [4.69, 9.17) is 4.74 Å². The van der Waals surface area contributed by atoms with Crippen LogP contribution in [0.3, 0.4) is 0 Å². The second-order valence-corrected chi connectivity index (χ2v) is 6.23. The van der Waals surface area contributed by atoms with E-state index in [0.717, 1.165) is 12.8 Å². The summed E-state index contributed by atoms with van der Waals surface area (Å²) in [7, 11) is 1.48. The number of amides is 2. The zero-order valence-corrected chi connectivity index (χ0v) is 13.6. The van der Waals surface area contributed by atoms with Crippen molar-refractivity contribution in [3.05, 3.63) is 35.6 Å². The Morgan fingerprint density at radius 2 is 2.22 bits per heavy atom. The summed E-state index contributed by atoms with van der Waals surface area (Å²) in [6, 6.07) is 6.15. The summed E-state index contributed by atoms with van der Waals surface area (Å²) in [6.45, 7) is 3.19. The molecule has 1 aliphatic heterocycles. The van der Waals surface area contributed by atoms with Crippen LogP contribution in [0.5, 0.6) is 0 Å². The first-order chi connectivity index (χ1) is 10.9. The Morgan fingerprint density at radius 3 is 2.91 bits per heavy atom. The molecule has 126 valence electrons. The van der Waals surface area contributed by atoms with Crippen LogP contribution < -0.4 is 5.32 Å². The van der Waals surface area contributed by atoms with Gasteiger partial charge in [0.1, 0.15) is 12.4 Å². The van der Waals surface area contributed by atoms with E-state index < -0.39 is 5.41 Å². The van der Waals surface area contributed by atoms with Gasteiger partial charge in [0.05, 0.1) is 5.41 Å². The first-order valence-electron chi connectivity index (χ1n) is 7.74. The van der Waals surface area contributed by atoms with Crippen molar-refractivity contribution in [2.75, 3.05) is 26.8 Å². The fraction of sp³-hybridized carbons (Fsp3) is 0.529. The Bertz CT molecular complexity index is 579. The van der Waals surface area contributed by atoms with Crippen molar-refractivity contribution >= 4 is 11.8 Å². The standard InChI is InChI=1S/C17H23FN2O3/c1-17(7-4-8-20(12-17)15(21)11-23-2)16(22)19-10-13-5-3-6-14(18)9-13/h3,5-6,9H,4,7-8,10-12H2,1-2H3,(H,19,22)/t17-/m1/s1. The highest BCUT2D eigenvalue weighted by Gasteiger charge is 2.39. The van der Waals surface area contributed by atoms with Crippen molar-refractivity contribution in [1.29, 1.82) is 0 Å². The number of halogens is 1. The highest BCUT2D eigenvalue weighted by Crippen LogP contribution is 2.30. The van der Waals surface area contributed by atoms with E-state index in [0.29, 0.717) is 18.7 Å². The minimum absolute atomic E-state index is 0.0288. The number of ether oxygens (including phenoxy) is 1. The summed E-state index contributed by atoms with van der Waals surface area (Å²) < 4.78 is 18.0. The molecule has 23 heavy (non-hydrogen) atoms. The van der Waals surface area contributed by atoms with E-state index in [1.165, 1.54) is 19.2 Å². The Morgan fingerprint density at radius 1 is 1.43 bits per heavy atom. The fourth-order valence-corrected chi connectivity index (χ4v) is 2.90. The first kappa shape index (κ1) is 17.4. The molecule has 1 heterocycles. The molecule has 0 aliphatic carbocycles. The third-order valence-electron chi connectivity index (χ3n) is 4.21. The monoisotopic (exact) mass is 322 g/mol. The second kappa shape index (κ2) is 7.55. The van der Waals surface area contributed by atoms with Gasteiger partial charge in [0.25, 0.3) is 0 Å². The van der Waals surface area contributed by atoms with Crippen molar-refractivity contribution in [3.63, 3.8) is 0 Å². The van der Waals surface area contributed by atoms with Gasteiger partial charge in [0.15, 0.2) is 0 Å². The van der Waals surface area contributed by atoms with E-state index in [-0.39, 0.29) is 30.8 Å². The lowest BCUT2D eigenvalue weighted by molar-refractivity contribution is -0.143. The summed E-state index contributed by atoms with van der Waals surface area (Å²) in [6.07, 6.45) is 1.50. The van der Waals surface area contributed by atoms with Crippen LogP contribution in [-0.2, 0) is 20.9 Å². The number of carbonyl (C=O) groups excluding carboxylic acids is 2. The lowest BCUT2D eigenvalue weighted by Gasteiger charge is -2.39. The summed E-state index contributed by atoms with van der Waals surface area (Å²) in [4.78, 5) is 26.2. The largest absolute Gasteiger partial charge is 0.375 e. The predicted molar refractivity (Wildman–Crippen MR) is 84.0 cm³/mol. The molecule has 2 rings (SSSR count). The molecule has 1 aromatic rings. The molecule has 0 saturated carbocycles. The third-order valence-corrected chi connectivity index (χ3v) is 4.21.